The van der Waals surface area contributed by atoms with Gasteiger partial charge in [0.05, 0.1) is 10.6 Å². The van der Waals surface area contributed by atoms with E-state index in [-0.39, 0.29) is 24.0 Å². The zero-order chi connectivity index (χ0) is 20.0. The van der Waals surface area contributed by atoms with Crippen molar-refractivity contribution >= 4 is 40.0 Å². The maximum absolute atomic E-state index is 12.3. The summed E-state index contributed by atoms with van der Waals surface area (Å²) in [5.74, 6) is -0.639. The number of likely N-dealkylation sites (N-methyl/N-ethyl adjacent to an activating group) is 1. The average Bonchev–Trinajstić information content (AvgIpc) is 2.95. The van der Waals surface area contributed by atoms with Gasteiger partial charge in [-0.25, -0.2) is 4.98 Å². The highest BCUT2D eigenvalue weighted by Crippen LogP contribution is 2.21. The van der Waals surface area contributed by atoms with Crippen molar-refractivity contribution < 1.29 is 14.5 Å². The van der Waals surface area contributed by atoms with Crippen molar-refractivity contribution in [2.75, 3.05) is 18.4 Å². The van der Waals surface area contributed by atoms with Crippen molar-refractivity contribution in [3.63, 3.8) is 0 Å². The number of nitrogens with zero attached hydrogens (tertiary/aromatic N) is 3. The van der Waals surface area contributed by atoms with Crippen molar-refractivity contribution in [2.45, 2.75) is 20.8 Å². The van der Waals surface area contributed by atoms with Gasteiger partial charge in [0, 0.05) is 29.6 Å². The molecule has 8 nitrogen and oxygen atoms in total. The van der Waals surface area contributed by atoms with Gasteiger partial charge in [0.25, 0.3) is 5.69 Å². The molecule has 1 N–H and O–H groups in total. The topological polar surface area (TPSA) is 105 Å². The first-order valence-corrected chi connectivity index (χ1v) is 9.07. The lowest BCUT2D eigenvalue weighted by atomic mass is 10.2. The van der Waals surface area contributed by atoms with Crippen LogP contribution in [0, 0.1) is 24.0 Å². The summed E-state index contributed by atoms with van der Waals surface area (Å²) < 4.78 is 0. The molecular weight excluding hydrogens is 368 g/mol. The molecule has 27 heavy (non-hydrogen) atoms. The standard InChI is InChI=1S/C18H20N4O4S/c1-4-21(11-16(23)20-18-19-12(2)13(3)27-18)17(24)10-7-14-5-8-15(9-6-14)22(25)26/h5-10H,4,11H2,1-3H3,(H,19,20,23). The van der Waals surface area contributed by atoms with Crippen molar-refractivity contribution in [3.8, 4) is 0 Å². The molecule has 0 aliphatic carbocycles. The lowest BCUT2D eigenvalue weighted by Gasteiger charge is -2.18. The average molecular weight is 388 g/mol. The summed E-state index contributed by atoms with van der Waals surface area (Å²) in [5.41, 5.74) is 1.51. The van der Waals surface area contributed by atoms with Crippen LogP contribution in [-0.4, -0.2) is 39.7 Å². The van der Waals surface area contributed by atoms with Gasteiger partial charge in [-0.3, -0.25) is 19.7 Å². The molecule has 2 aromatic rings. The first-order valence-electron chi connectivity index (χ1n) is 8.25. The molecule has 1 aromatic carbocycles. The number of thiazole rings is 1. The van der Waals surface area contributed by atoms with E-state index >= 15 is 0 Å². The van der Waals surface area contributed by atoms with Crippen LogP contribution in [0.15, 0.2) is 30.3 Å². The number of hydrogen-bond donors (Lipinski definition) is 1. The number of carbonyl (C=O) groups excluding carboxylic acids is 2. The van der Waals surface area contributed by atoms with E-state index in [0.717, 1.165) is 10.6 Å². The molecule has 0 atom stereocenters. The molecule has 0 radical (unpaired) electrons. The number of hydrogen-bond acceptors (Lipinski definition) is 6. The lowest BCUT2D eigenvalue weighted by molar-refractivity contribution is -0.384. The SMILES string of the molecule is CCN(CC(=O)Nc1nc(C)c(C)s1)C(=O)C=Cc1ccc([N+](=O)[O-])cc1. The Morgan fingerprint density at radius 2 is 1.96 bits per heavy atom. The second kappa shape index (κ2) is 9.04. The zero-order valence-corrected chi connectivity index (χ0v) is 16.1. The summed E-state index contributed by atoms with van der Waals surface area (Å²) in [7, 11) is 0. The van der Waals surface area contributed by atoms with E-state index < -0.39 is 4.92 Å². The van der Waals surface area contributed by atoms with Gasteiger partial charge < -0.3 is 10.2 Å². The number of benzene rings is 1. The predicted octanol–water partition coefficient (Wildman–Crippen LogP) is 3.17. The highest BCUT2D eigenvalue weighted by Gasteiger charge is 2.15. The van der Waals surface area contributed by atoms with Crippen LogP contribution < -0.4 is 5.32 Å². The maximum atomic E-state index is 12.3. The van der Waals surface area contributed by atoms with Crippen LogP contribution in [-0.2, 0) is 9.59 Å². The van der Waals surface area contributed by atoms with Crippen molar-refractivity contribution in [1.82, 2.24) is 9.88 Å². The fourth-order valence-electron chi connectivity index (χ4n) is 2.18. The molecule has 0 bridgehead atoms. The summed E-state index contributed by atoms with van der Waals surface area (Å²) in [4.78, 5) is 41.3. The van der Waals surface area contributed by atoms with Crippen LogP contribution in [0.4, 0.5) is 10.8 Å². The molecule has 0 fully saturated rings. The summed E-state index contributed by atoms with van der Waals surface area (Å²) >= 11 is 1.39. The van der Waals surface area contributed by atoms with E-state index in [2.05, 4.69) is 10.3 Å². The van der Waals surface area contributed by atoms with Crippen molar-refractivity contribution in [2.24, 2.45) is 0 Å². The molecular formula is C18H20N4O4S. The summed E-state index contributed by atoms with van der Waals surface area (Å²) in [6.07, 6.45) is 2.90. The molecule has 1 heterocycles. The Bertz CT molecular complexity index is 854. The Kier molecular flexibility index (Phi) is 6.78. The van der Waals surface area contributed by atoms with Gasteiger partial charge in [-0.05, 0) is 44.5 Å². The van der Waals surface area contributed by atoms with Gasteiger partial charge in [0.15, 0.2) is 5.13 Å². The molecule has 9 heteroatoms. The largest absolute Gasteiger partial charge is 0.330 e. The van der Waals surface area contributed by atoms with E-state index in [9.17, 15) is 19.7 Å². The normalized spacial score (nSPS) is 10.8. The number of carbonyl (C=O) groups is 2. The van der Waals surface area contributed by atoms with Gasteiger partial charge in [-0.2, -0.15) is 0 Å². The van der Waals surface area contributed by atoms with E-state index in [0.29, 0.717) is 17.2 Å². The smallest absolute Gasteiger partial charge is 0.269 e. The highest BCUT2D eigenvalue weighted by molar-refractivity contribution is 7.15. The fourth-order valence-corrected chi connectivity index (χ4v) is 3.01. The Balaban J connectivity index is 1.95. The summed E-state index contributed by atoms with van der Waals surface area (Å²) in [6, 6.07) is 5.84. The van der Waals surface area contributed by atoms with Crippen LogP contribution in [0.2, 0.25) is 0 Å². The van der Waals surface area contributed by atoms with E-state index in [1.807, 2.05) is 13.8 Å². The number of amides is 2. The quantitative estimate of drug-likeness (QED) is 0.445. The van der Waals surface area contributed by atoms with Crippen LogP contribution in [0.3, 0.4) is 0 Å². The third kappa shape index (κ3) is 5.71. The number of aromatic nitrogens is 1. The third-order valence-electron chi connectivity index (χ3n) is 3.83. The number of non-ortho nitro benzene ring substituents is 1. The summed E-state index contributed by atoms with van der Waals surface area (Å²) in [6.45, 7) is 5.85. The molecule has 0 aliphatic rings. The Hall–Kier alpha value is -3.07. The zero-order valence-electron chi connectivity index (χ0n) is 15.3. The minimum absolute atomic E-state index is 0.0157. The Labute approximate surface area is 160 Å². The highest BCUT2D eigenvalue weighted by atomic mass is 32.1. The minimum atomic E-state index is -0.485. The monoisotopic (exact) mass is 388 g/mol. The predicted molar refractivity (Wildman–Crippen MR) is 105 cm³/mol. The first-order chi connectivity index (χ1) is 12.8. The second-order valence-corrected chi connectivity index (χ2v) is 6.95. The number of nitrogens with one attached hydrogen (secondary N) is 1. The van der Waals surface area contributed by atoms with Gasteiger partial charge in [-0.1, -0.05) is 0 Å². The minimum Gasteiger partial charge on any atom is -0.330 e. The molecule has 0 unspecified atom stereocenters. The molecule has 0 saturated carbocycles. The van der Waals surface area contributed by atoms with Crippen LogP contribution in [0.5, 0.6) is 0 Å². The second-order valence-electron chi connectivity index (χ2n) is 5.74. The van der Waals surface area contributed by atoms with Gasteiger partial charge in [0.1, 0.15) is 6.54 Å². The number of aryl methyl sites for hydroxylation is 2. The van der Waals surface area contributed by atoms with Gasteiger partial charge in [-0.15, -0.1) is 11.3 Å². The van der Waals surface area contributed by atoms with Gasteiger partial charge in [0.2, 0.25) is 11.8 Å². The van der Waals surface area contributed by atoms with Crippen molar-refractivity contribution in [1.29, 1.82) is 0 Å². The molecule has 2 amide bonds. The molecule has 142 valence electrons. The molecule has 0 spiro atoms. The summed E-state index contributed by atoms with van der Waals surface area (Å²) in [5, 5.41) is 13.9. The Morgan fingerprint density at radius 3 is 2.48 bits per heavy atom. The number of rotatable bonds is 7. The number of anilines is 1. The maximum Gasteiger partial charge on any atom is 0.269 e. The van der Waals surface area contributed by atoms with E-state index in [4.69, 9.17) is 0 Å². The number of nitro benzene ring substituents is 1. The first kappa shape index (κ1) is 20.2. The van der Waals surface area contributed by atoms with Gasteiger partial charge >= 0.3 is 0 Å². The number of nitro groups is 1. The van der Waals surface area contributed by atoms with E-state index in [1.165, 1.54) is 34.4 Å². The van der Waals surface area contributed by atoms with Crippen LogP contribution in [0.1, 0.15) is 23.1 Å². The van der Waals surface area contributed by atoms with Crippen LogP contribution in [0.25, 0.3) is 6.08 Å². The Morgan fingerprint density at radius 1 is 1.30 bits per heavy atom. The van der Waals surface area contributed by atoms with Crippen LogP contribution >= 0.6 is 11.3 Å². The lowest BCUT2D eigenvalue weighted by Crippen LogP contribution is -2.36. The fraction of sp³-hybridized carbons (Fsp3) is 0.278. The van der Waals surface area contributed by atoms with E-state index in [1.54, 1.807) is 25.1 Å². The van der Waals surface area contributed by atoms with Crippen molar-refractivity contribution in [3.05, 3.63) is 56.6 Å². The third-order valence-corrected chi connectivity index (χ3v) is 4.81. The molecule has 0 saturated heterocycles. The molecule has 1 aromatic heterocycles. The molecule has 2 rings (SSSR count). The molecule has 0 aliphatic heterocycles.